The first-order valence-corrected chi connectivity index (χ1v) is 10.7. The van der Waals surface area contributed by atoms with Crippen LogP contribution >= 0.6 is 0 Å². The first-order valence-electron chi connectivity index (χ1n) is 7.41. The summed E-state index contributed by atoms with van der Waals surface area (Å²) in [6.45, 7) is 4.25. The summed E-state index contributed by atoms with van der Waals surface area (Å²) in [4.78, 5) is 0. The Morgan fingerprint density at radius 2 is 1.81 bits per heavy atom. The van der Waals surface area contributed by atoms with Gasteiger partial charge in [0.1, 0.15) is 9.84 Å². The molecule has 0 aliphatic carbocycles. The highest BCUT2D eigenvalue weighted by Crippen LogP contribution is 2.13. The molecule has 0 aromatic rings. The van der Waals surface area contributed by atoms with Crippen LogP contribution in [0, 0.1) is 0 Å². The highest BCUT2D eigenvalue weighted by Gasteiger charge is 2.28. The zero-order valence-corrected chi connectivity index (χ0v) is 14.5. The largest absolute Gasteiger partial charge is 0.317 e. The molecule has 1 rings (SSSR count). The molecule has 0 radical (unpaired) electrons. The molecule has 7 nitrogen and oxygen atoms in total. The van der Waals surface area contributed by atoms with Crippen molar-refractivity contribution in [3.8, 4) is 0 Å². The molecule has 0 aromatic heterocycles. The SMILES string of the molecule is CCCNCCCN(C)S(=O)(=O)NC1CCS(=O)(=O)CC1. The van der Waals surface area contributed by atoms with Crippen LogP contribution in [-0.2, 0) is 20.0 Å². The summed E-state index contributed by atoms with van der Waals surface area (Å²) in [6, 6.07) is -0.279. The monoisotopic (exact) mass is 341 g/mol. The van der Waals surface area contributed by atoms with Gasteiger partial charge >= 0.3 is 0 Å². The van der Waals surface area contributed by atoms with Crippen LogP contribution in [0.4, 0.5) is 0 Å². The molecule has 0 unspecified atom stereocenters. The summed E-state index contributed by atoms with van der Waals surface area (Å²) in [5.41, 5.74) is 0. The minimum Gasteiger partial charge on any atom is -0.317 e. The highest BCUT2D eigenvalue weighted by molar-refractivity contribution is 7.91. The molecule has 0 bridgehead atoms. The Morgan fingerprint density at radius 3 is 2.38 bits per heavy atom. The van der Waals surface area contributed by atoms with Crippen LogP contribution in [0.15, 0.2) is 0 Å². The van der Waals surface area contributed by atoms with E-state index in [9.17, 15) is 16.8 Å². The van der Waals surface area contributed by atoms with E-state index in [1.165, 1.54) is 4.31 Å². The summed E-state index contributed by atoms with van der Waals surface area (Å²) < 4.78 is 50.8. The van der Waals surface area contributed by atoms with Crippen molar-refractivity contribution in [2.45, 2.75) is 38.6 Å². The standard InChI is InChI=1S/C12H27N3O4S2/c1-3-7-13-8-4-9-15(2)21(18,19)14-12-5-10-20(16,17)11-6-12/h12-14H,3-11H2,1-2H3. The van der Waals surface area contributed by atoms with Crippen molar-refractivity contribution in [1.82, 2.24) is 14.3 Å². The second kappa shape index (κ2) is 8.42. The van der Waals surface area contributed by atoms with E-state index in [2.05, 4.69) is 17.0 Å². The van der Waals surface area contributed by atoms with Crippen molar-refractivity contribution in [2.24, 2.45) is 0 Å². The molecule has 0 atom stereocenters. The van der Waals surface area contributed by atoms with Crippen LogP contribution < -0.4 is 10.0 Å². The third-order valence-electron chi connectivity index (χ3n) is 3.53. The topological polar surface area (TPSA) is 95.6 Å². The Bertz CT molecular complexity index is 491. The van der Waals surface area contributed by atoms with Crippen molar-refractivity contribution < 1.29 is 16.8 Å². The van der Waals surface area contributed by atoms with E-state index in [0.29, 0.717) is 19.4 Å². The van der Waals surface area contributed by atoms with Gasteiger partial charge < -0.3 is 5.32 Å². The summed E-state index contributed by atoms with van der Waals surface area (Å²) in [7, 11) is -4.96. The summed E-state index contributed by atoms with van der Waals surface area (Å²) in [5, 5.41) is 3.22. The van der Waals surface area contributed by atoms with Gasteiger partial charge in [-0.3, -0.25) is 0 Å². The molecule has 1 aliphatic rings. The number of nitrogens with one attached hydrogen (secondary N) is 2. The molecule has 9 heteroatoms. The minimum atomic E-state index is -3.53. The van der Waals surface area contributed by atoms with E-state index in [-0.39, 0.29) is 17.5 Å². The minimum absolute atomic E-state index is 0.0604. The van der Waals surface area contributed by atoms with E-state index in [4.69, 9.17) is 0 Å². The van der Waals surface area contributed by atoms with Crippen LogP contribution in [0.25, 0.3) is 0 Å². The van der Waals surface area contributed by atoms with Crippen molar-refractivity contribution in [1.29, 1.82) is 0 Å². The lowest BCUT2D eigenvalue weighted by Crippen LogP contribution is -2.47. The van der Waals surface area contributed by atoms with E-state index in [0.717, 1.165) is 25.9 Å². The Labute approximate surface area is 128 Å². The van der Waals surface area contributed by atoms with Crippen molar-refractivity contribution in [3.63, 3.8) is 0 Å². The summed E-state index contributed by atoms with van der Waals surface area (Å²) in [5.74, 6) is 0.121. The fourth-order valence-electron chi connectivity index (χ4n) is 2.16. The predicted molar refractivity (Wildman–Crippen MR) is 84.1 cm³/mol. The van der Waals surface area contributed by atoms with Gasteiger partial charge in [-0.2, -0.15) is 17.4 Å². The van der Waals surface area contributed by atoms with Crippen LogP contribution in [0.2, 0.25) is 0 Å². The number of sulfone groups is 1. The van der Waals surface area contributed by atoms with Crippen molar-refractivity contribution >= 4 is 20.0 Å². The van der Waals surface area contributed by atoms with Crippen molar-refractivity contribution in [2.75, 3.05) is 38.2 Å². The zero-order valence-electron chi connectivity index (χ0n) is 12.8. The van der Waals surface area contributed by atoms with Gasteiger partial charge in [0.05, 0.1) is 11.5 Å². The lowest BCUT2D eigenvalue weighted by Gasteiger charge is -2.26. The van der Waals surface area contributed by atoms with Gasteiger partial charge in [0.2, 0.25) is 0 Å². The molecule has 1 saturated heterocycles. The summed E-state index contributed by atoms with van der Waals surface area (Å²) in [6.07, 6.45) is 2.51. The maximum Gasteiger partial charge on any atom is 0.279 e. The van der Waals surface area contributed by atoms with E-state index >= 15 is 0 Å². The van der Waals surface area contributed by atoms with Crippen LogP contribution in [-0.4, -0.2) is 65.4 Å². The molecule has 1 heterocycles. The number of rotatable bonds is 9. The average Bonchev–Trinajstić information content (AvgIpc) is 2.40. The molecule has 0 amide bonds. The molecule has 21 heavy (non-hydrogen) atoms. The summed E-state index contributed by atoms with van der Waals surface area (Å²) >= 11 is 0. The second-order valence-electron chi connectivity index (χ2n) is 5.47. The van der Waals surface area contributed by atoms with Crippen LogP contribution in [0.3, 0.4) is 0 Å². The Balaban J connectivity index is 2.35. The van der Waals surface area contributed by atoms with Gasteiger partial charge in [0.25, 0.3) is 10.2 Å². The Hall–Kier alpha value is -0.220. The molecule has 0 spiro atoms. The van der Waals surface area contributed by atoms with Gasteiger partial charge in [-0.15, -0.1) is 0 Å². The molecule has 0 saturated carbocycles. The van der Waals surface area contributed by atoms with E-state index in [1.54, 1.807) is 7.05 Å². The van der Waals surface area contributed by atoms with Gasteiger partial charge in [0.15, 0.2) is 0 Å². The third-order valence-corrected chi connectivity index (χ3v) is 6.88. The van der Waals surface area contributed by atoms with E-state index in [1.807, 2.05) is 0 Å². The number of hydrogen-bond acceptors (Lipinski definition) is 5. The van der Waals surface area contributed by atoms with Crippen molar-refractivity contribution in [3.05, 3.63) is 0 Å². The normalized spacial score (nSPS) is 20.0. The molecular formula is C12H27N3O4S2. The third kappa shape index (κ3) is 7.05. The van der Waals surface area contributed by atoms with Gasteiger partial charge in [-0.1, -0.05) is 6.92 Å². The molecule has 126 valence electrons. The zero-order chi connectivity index (χ0) is 15.9. The lowest BCUT2D eigenvalue weighted by molar-refractivity contribution is 0.427. The predicted octanol–water partition coefficient (Wildman–Crippen LogP) is -0.280. The molecule has 0 aromatic carbocycles. The maximum absolute atomic E-state index is 12.1. The van der Waals surface area contributed by atoms with Crippen LogP contribution in [0.5, 0.6) is 0 Å². The fourth-order valence-corrected chi connectivity index (χ4v) is 4.85. The Morgan fingerprint density at radius 1 is 1.19 bits per heavy atom. The first-order chi connectivity index (χ1) is 9.77. The number of hydrogen-bond donors (Lipinski definition) is 2. The second-order valence-corrected chi connectivity index (χ2v) is 9.59. The van der Waals surface area contributed by atoms with Crippen LogP contribution in [0.1, 0.15) is 32.6 Å². The van der Waals surface area contributed by atoms with Gasteiger partial charge in [0, 0.05) is 19.6 Å². The highest BCUT2D eigenvalue weighted by atomic mass is 32.2. The Kier molecular flexibility index (Phi) is 7.55. The van der Waals surface area contributed by atoms with E-state index < -0.39 is 20.0 Å². The average molecular weight is 341 g/mol. The smallest absolute Gasteiger partial charge is 0.279 e. The van der Waals surface area contributed by atoms with Gasteiger partial charge in [-0.05, 0) is 38.8 Å². The molecule has 2 N–H and O–H groups in total. The lowest BCUT2D eigenvalue weighted by atomic mass is 10.2. The first kappa shape index (κ1) is 18.8. The maximum atomic E-state index is 12.1. The fraction of sp³-hybridized carbons (Fsp3) is 1.00. The number of nitrogens with zero attached hydrogens (tertiary/aromatic N) is 1. The molecule has 1 aliphatic heterocycles. The van der Waals surface area contributed by atoms with Gasteiger partial charge in [-0.25, -0.2) is 8.42 Å². The molecular weight excluding hydrogens is 314 g/mol. The molecule has 1 fully saturated rings. The quantitative estimate of drug-likeness (QED) is 0.562.